The fraction of sp³-hybridized carbons (Fsp3) is 0.367. The summed E-state index contributed by atoms with van der Waals surface area (Å²) in [6.07, 6.45) is -0.558. The highest BCUT2D eigenvalue weighted by atomic mass is 16.5. The number of benzene rings is 2. The van der Waals surface area contributed by atoms with Gasteiger partial charge in [0.05, 0.1) is 32.4 Å². The second-order valence-electron chi connectivity index (χ2n) is 10.2. The first kappa shape index (κ1) is 27.9. The second kappa shape index (κ2) is 11.4. The minimum Gasteiger partial charge on any atom is -0.493 e. The van der Waals surface area contributed by atoms with E-state index in [4.69, 9.17) is 18.9 Å². The van der Waals surface area contributed by atoms with Crippen LogP contribution in [0.3, 0.4) is 0 Å². The number of fused-ring (bicyclic) bond motifs is 7. The summed E-state index contributed by atoms with van der Waals surface area (Å²) in [4.78, 5) is 41.2. The third-order valence-corrected chi connectivity index (χ3v) is 7.66. The van der Waals surface area contributed by atoms with E-state index < -0.39 is 12.1 Å². The first-order chi connectivity index (χ1) is 19.7. The minimum absolute atomic E-state index is 0.128. The van der Waals surface area contributed by atoms with Gasteiger partial charge in [-0.15, -0.1) is 0 Å². The Morgan fingerprint density at radius 2 is 1.76 bits per heavy atom. The number of nitrogens with one attached hydrogen (secondary N) is 2. The van der Waals surface area contributed by atoms with Gasteiger partial charge in [0.15, 0.2) is 29.6 Å². The summed E-state index contributed by atoms with van der Waals surface area (Å²) < 4.78 is 25.0. The predicted octanol–water partition coefficient (Wildman–Crippen LogP) is 2.37. The van der Waals surface area contributed by atoms with Crippen molar-refractivity contribution in [2.45, 2.75) is 32.5 Å². The number of hydrogen-bond acceptors (Lipinski definition) is 7. The molecular weight excluding hydrogens is 528 g/mol. The van der Waals surface area contributed by atoms with E-state index in [0.717, 1.165) is 17.0 Å². The molecule has 1 fully saturated rings. The van der Waals surface area contributed by atoms with Gasteiger partial charge in [0.25, 0.3) is 17.7 Å². The number of likely N-dealkylation sites (tertiary alicyclic amines) is 1. The van der Waals surface area contributed by atoms with Gasteiger partial charge in [-0.25, -0.2) is 0 Å². The summed E-state index contributed by atoms with van der Waals surface area (Å²) in [7, 11) is 4.94. The van der Waals surface area contributed by atoms with E-state index >= 15 is 0 Å². The highest BCUT2D eigenvalue weighted by Crippen LogP contribution is 2.32. The van der Waals surface area contributed by atoms with Crippen LogP contribution in [0.1, 0.15) is 37.7 Å². The van der Waals surface area contributed by atoms with Crippen molar-refractivity contribution in [3.05, 3.63) is 70.5 Å². The molecule has 0 unspecified atom stereocenters. The number of carbonyl (C=O) groups is 3. The molecule has 2 N–H and O–H groups in total. The maximum atomic E-state index is 13.6. The zero-order valence-corrected chi connectivity index (χ0v) is 23.8. The monoisotopic (exact) mass is 562 g/mol. The van der Waals surface area contributed by atoms with E-state index in [2.05, 4.69) is 10.6 Å². The van der Waals surface area contributed by atoms with Gasteiger partial charge in [-0.1, -0.05) is 6.07 Å². The lowest BCUT2D eigenvalue weighted by atomic mass is 10.1. The number of rotatable bonds is 3. The molecule has 3 aliphatic heterocycles. The maximum Gasteiger partial charge on any atom is 0.258 e. The number of hydrogen-bond donors (Lipinski definition) is 2. The molecular formula is C30H34N4O7. The molecule has 4 heterocycles. The average Bonchev–Trinajstić information content (AvgIpc) is 3.49. The van der Waals surface area contributed by atoms with Gasteiger partial charge >= 0.3 is 0 Å². The number of carbonyl (C=O) groups excluding carboxylic acids is 3. The Morgan fingerprint density at radius 1 is 0.976 bits per heavy atom. The zero-order valence-electron chi connectivity index (χ0n) is 23.8. The van der Waals surface area contributed by atoms with Crippen molar-refractivity contribution in [1.82, 2.24) is 20.1 Å². The summed E-state index contributed by atoms with van der Waals surface area (Å²) in [5.74, 6) is 0.736. The van der Waals surface area contributed by atoms with Crippen LogP contribution in [0.5, 0.6) is 23.0 Å². The average molecular weight is 563 g/mol. The number of amides is 3. The molecule has 0 radical (unpaired) electrons. The lowest BCUT2D eigenvalue weighted by molar-refractivity contribution is -0.123. The first-order valence-electron chi connectivity index (χ1n) is 13.3. The van der Waals surface area contributed by atoms with Gasteiger partial charge in [-0.05, 0) is 55.8 Å². The van der Waals surface area contributed by atoms with Crippen LogP contribution in [-0.2, 0) is 18.4 Å². The van der Waals surface area contributed by atoms with Crippen molar-refractivity contribution >= 4 is 17.7 Å². The molecule has 216 valence electrons. The van der Waals surface area contributed by atoms with Gasteiger partial charge in [0, 0.05) is 37.1 Å². The van der Waals surface area contributed by atoms with Crippen molar-refractivity contribution in [3.8, 4) is 23.0 Å². The summed E-state index contributed by atoms with van der Waals surface area (Å²) in [6, 6.07) is 11.5. The third-order valence-electron chi connectivity index (χ3n) is 7.66. The standard InChI is InChI=1S/C30H34N4O7/c1-17-10-21(18(2)33(17)3)30(37)34-14-22-27(15-34)41-24-8-6-19(11-25(24)39-5)13-31-28(35)16-40-26-12-20(29(36)32-22)7-9-23(26)38-4/h6-12,22,27H,13-16H2,1-5H3,(H,31,35)(H,32,36)/t22-,27-/m0/s1. The summed E-state index contributed by atoms with van der Waals surface area (Å²) in [5, 5.41) is 5.86. The molecule has 3 amide bonds. The summed E-state index contributed by atoms with van der Waals surface area (Å²) in [5.41, 5.74) is 3.58. The van der Waals surface area contributed by atoms with Crippen LogP contribution in [0.25, 0.3) is 0 Å². The van der Waals surface area contributed by atoms with Crippen LogP contribution in [0.4, 0.5) is 0 Å². The van der Waals surface area contributed by atoms with Crippen molar-refractivity contribution in [2.75, 3.05) is 33.9 Å². The quantitative estimate of drug-likeness (QED) is 0.503. The van der Waals surface area contributed by atoms with Crippen LogP contribution in [0.15, 0.2) is 42.5 Å². The Balaban J connectivity index is 1.50. The van der Waals surface area contributed by atoms with E-state index in [-0.39, 0.29) is 49.7 Å². The molecule has 3 aliphatic rings. The minimum atomic E-state index is -0.558. The molecule has 1 aromatic heterocycles. The van der Waals surface area contributed by atoms with Crippen LogP contribution in [-0.4, -0.2) is 73.3 Å². The predicted molar refractivity (Wildman–Crippen MR) is 150 cm³/mol. The second-order valence-corrected chi connectivity index (χ2v) is 10.2. The molecule has 11 nitrogen and oxygen atoms in total. The molecule has 4 bridgehead atoms. The topological polar surface area (TPSA) is 120 Å². The fourth-order valence-electron chi connectivity index (χ4n) is 5.10. The van der Waals surface area contributed by atoms with Crippen LogP contribution >= 0.6 is 0 Å². The SMILES string of the molecule is COc1ccc2cc1OCC(=O)NCc1ccc(c(OC)c1)O[C@H]1CN(C(=O)c3cc(C)n(C)c3C)C[C@@H]1NC2=O. The van der Waals surface area contributed by atoms with E-state index in [1.54, 1.807) is 29.2 Å². The van der Waals surface area contributed by atoms with E-state index in [1.807, 2.05) is 37.6 Å². The van der Waals surface area contributed by atoms with E-state index in [0.29, 0.717) is 28.4 Å². The Kier molecular flexibility index (Phi) is 7.78. The molecule has 2 atom stereocenters. The van der Waals surface area contributed by atoms with Crippen LogP contribution < -0.4 is 29.6 Å². The number of methoxy groups -OCH3 is 2. The molecule has 6 rings (SSSR count). The van der Waals surface area contributed by atoms with Gasteiger partial charge in [0.2, 0.25) is 0 Å². The molecule has 1 saturated heterocycles. The Labute approximate surface area is 238 Å². The fourth-order valence-corrected chi connectivity index (χ4v) is 5.10. The molecule has 0 aliphatic carbocycles. The van der Waals surface area contributed by atoms with Crippen LogP contribution in [0.2, 0.25) is 0 Å². The molecule has 0 saturated carbocycles. The lowest BCUT2D eigenvalue weighted by Gasteiger charge is -2.22. The molecule has 2 aromatic carbocycles. The number of aromatic nitrogens is 1. The largest absolute Gasteiger partial charge is 0.493 e. The Bertz CT molecular complexity index is 1500. The third kappa shape index (κ3) is 5.65. The highest BCUT2D eigenvalue weighted by molar-refractivity contribution is 5.97. The highest BCUT2D eigenvalue weighted by Gasteiger charge is 2.39. The molecule has 41 heavy (non-hydrogen) atoms. The van der Waals surface area contributed by atoms with E-state index in [1.165, 1.54) is 20.3 Å². The number of ether oxygens (including phenoxy) is 4. The molecule has 11 heteroatoms. The molecule has 3 aromatic rings. The van der Waals surface area contributed by atoms with Gasteiger partial charge in [-0.3, -0.25) is 14.4 Å². The zero-order chi connectivity index (χ0) is 29.3. The smallest absolute Gasteiger partial charge is 0.258 e. The number of aryl methyl sites for hydroxylation is 1. The van der Waals surface area contributed by atoms with Gasteiger partial charge in [-0.2, -0.15) is 0 Å². The molecule has 0 spiro atoms. The van der Waals surface area contributed by atoms with Crippen molar-refractivity contribution in [3.63, 3.8) is 0 Å². The Hall–Kier alpha value is -4.67. The van der Waals surface area contributed by atoms with Crippen molar-refractivity contribution < 1.29 is 33.3 Å². The normalized spacial score (nSPS) is 18.9. The first-order valence-corrected chi connectivity index (χ1v) is 13.3. The maximum absolute atomic E-state index is 13.6. The van der Waals surface area contributed by atoms with Gasteiger partial charge < -0.3 is 39.0 Å². The lowest BCUT2D eigenvalue weighted by Crippen LogP contribution is -2.45. The Morgan fingerprint density at radius 3 is 2.46 bits per heavy atom. The van der Waals surface area contributed by atoms with Crippen molar-refractivity contribution in [1.29, 1.82) is 0 Å². The number of nitrogens with zero attached hydrogens (tertiary/aromatic N) is 2. The van der Waals surface area contributed by atoms with Gasteiger partial charge in [0.1, 0.15) is 6.10 Å². The van der Waals surface area contributed by atoms with E-state index in [9.17, 15) is 14.4 Å². The summed E-state index contributed by atoms with van der Waals surface area (Å²) in [6.45, 7) is 4.36. The van der Waals surface area contributed by atoms with Crippen LogP contribution in [0, 0.1) is 13.8 Å². The van der Waals surface area contributed by atoms with Crippen molar-refractivity contribution in [2.24, 2.45) is 7.05 Å². The summed E-state index contributed by atoms with van der Waals surface area (Å²) >= 11 is 0.